The highest BCUT2D eigenvalue weighted by Gasteiger charge is 2.15. The van der Waals surface area contributed by atoms with E-state index in [4.69, 9.17) is 13.9 Å². The van der Waals surface area contributed by atoms with Crippen LogP contribution in [-0.2, 0) is 17.8 Å². The van der Waals surface area contributed by atoms with Gasteiger partial charge in [0.05, 0.1) is 14.2 Å². The van der Waals surface area contributed by atoms with E-state index in [1.54, 1.807) is 45.4 Å². The zero-order valence-corrected chi connectivity index (χ0v) is 17.5. The van der Waals surface area contributed by atoms with Gasteiger partial charge in [0.25, 0.3) is 0 Å². The van der Waals surface area contributed by atoms with Gasteiger partial charge in [-0.05, 0) is 55.7 Å². The maximum atomic E-state index is 12.4. The van der Waals surface area contributed by atoms with Crippen LogP contribution in [0, 0.1) is 13.8 Å². The fraction of sp³-hybridized carbons (Fsp3) is 0.304. The van der Waals surface area contributed by atoms with E-state index in [-0.39, 0.29) is 24.5 Å². The van der Waals surface area contributed by atoms with Crippen LogP contribution in [0.3, 0.4) is 0 Å². The summed E-state index contributed by atoms with van der Waals surface area (Å²) in [6.45, 7) is 3.86. The SMILES string of the molecule is COc1ccc(CNC(=O)CCc2c(C)c3ccc(O)c(C)c3oc2=O)cc1OC. The van der Waals surface area contributed by atoms with Gasteiger partial charge in [-0.15, -0.1) is 0 Å². The Labute approximate surface area is 174 Å². The van der Waals surface area contributed by atoms with Crippen molar-refractivity contribution in [2.45, 2.75) is 33.2 Å². The van der Waals surface area contributed by atoms with Gasteiger partial charge in [-0.1, -0.05) is 6.07 Å². The van der Waals surface area contributed by atoms with Gasteiger partial charge < -0.3 is 24.3 Å². The molecule has 0 radical (unpaired) electrons. The summed E-state index contributed by atoms with van der Waals surface area (Å²) in [7, 11) is 3.12. The lowest BCUT2D eigenvalue weighted by atomic mass is 10.0. The van der Waals surface area contributed by atoms with Gasteiger partial charge in [0.1, 0.15) is 11.3 Å². The second-order valence-electron chi connectivity index (χ2n) is 7.05. The van der Waals surface area contributed by atoms with Crippen LogP contribution < -0.4 is 20.4 Å². The molecule has 3 aromatic rings. The summed E-state index contributed by atoms with van der Waals surface area (Å²) in [5.41, 5.74) is 2.51. The third-order valence-corrected chi connectivity index (χ3v) is 5.21. The summed E-state index contributed by atoms with van der Waals surface area (Å²) >= 11 is 0. The van der Waals surface area contributed by atoms with Crippen LogP contribution in [0.5, 0.6) is 17.2 Å². The zero-order valence-electron chi connectivity index (χ0n) is 17.5. The highest BCUT2D eigenvalue weighted by Crippen LogP contribution is 2.29. The average molecular weight is 411 g/mol. The second kappa shape index (κ2) is 8.90. The van der Waals surface area contributed by atoms with Crippen LogP contribution in [0.4, 0.5) is 0 Å². The van der Waals surface area contributed by atoms with E-state index in [2.05, 4.69) is 5.32 Å². The largest absolute Gasteiger partial charge is 0.508 e. The molecule has 2 aromatic carbocycles. The normalized spacial score (nSPS) is 10.8. The fourth-order valence-electron chi connectivity index (χ4n) is 3.39. The van der Waals surface area contributed by atoms with Crippen LogP contribution in [0.1, 0.15) is 28.7 Å². The van der Waals surface area contributed by atoms with Gasteiger partial charge in [0.15, 0.2) is 11.5 Å². The molecule has 0 aliphatic rings. The number of ether oxygens (including phenoxy) is 2. The van der Waals surface area contributed by atoms with Crippen LogP contribution in [-0.4, -0.2) is 25.2 Å². The molecule has 0 atom stereocenters. The van der Waals surface area contributed by atoms with Crippen molar-refractivity contribution in [1.82, 2.24) is 5.32 Å². The number of methoxy groups -OCH3 is 2. The van der Waals surface area contributed by atoms with Crippen LogP contribution in [0.25, 0.3) is 11.0 Å². The molecule has 158 valence electrons. The first kappa shape index (κ1) is 21.2. The van der Waals surface area contributed by atoms with Crippen molar-refractivity contribution in [3.63, 3.8) is 0 Å². The maximum absolute atomic E-state index is 12.4. The molecule has 0 spiro atoms. The lowest BCUT2D eigenvalue weighted by molar-refractivity contribution is -0.121. The molecule has 7 heteroatoms. The predicted molar refractivity (Wildman–Crippen MR) is 113 cm³/mol. The van der Waals surface area contributed by atoms with Crippen LogP contribution >= 0.6 is 0 Å². The lowest BCUT2D eigenvalue weighted by Crippen LogP contribution is -2.24. The molecule has 0 saturated heterocycles. The van der Waals surface area contributed by atoms with Crippen molar-refractivity contribution >= 4 is 16.9 Å². The number of phenolic OH excluding ortho intramolecular Hbond substituents is 1. The van der Waals surface area contributed by atoms with E-state index in [0.29, 0.717) is 34.8 Å². The van der Waals surface area contributed by atoms with E-state index in [0.717, 1.165) is 16.5 Å². The van der Waals surface area contributed by atoms with Crippen molar-refractivity contribution in [3.8, 4) is 17.2 Å². The van der Waals surface area contributed by atoms with E-state index in [1.807, 2.05) is 13.0 Å². The molecule has 0 aliphatic heterocycles. The number of carbonyl (C=O) groups excluding carboxylic acids is 1. The summed E-state index contributed by atoms with van der Waals surface area (Å²) in [6.07, 6.45) is 0.420. The minimum atomic E-state index is -0.485. The van der Waals surface area contributed by atoms with Crippen molar-refractivity contribution < 1.29 is 23.8 Å². The Kier molecular flexibility index (Phi) is 6.30. The number of rotatable bonds is 7. The minimum absolute atomic E-state index is 0.0762. The molecule has 3 rings (SSSR count). The fourth-order valence-corrected chi connectivity index (χ4v) is 3.39. The number of nitrogens with one attached hydrogen (secondary N) is 1. The topological polar surface area (TPSA) is 98.0 Å². The monoisotopic (exact) mass is 411 g/mol. The van der Waals surface area contributed by atoms with Gasteiger partial charge in [-0.25, -0.2) is 4.79 Å². The third kappa shape index (κ3) is 4.25. The van der Waals surface area contributed by atoms with Crippen LogP contribution in [0.2, 0.25) is 0 Å². The Morgan fingerprint density at radius 2 is 1.80 bits per heavy atom. The van der Waals surface area contributed by atoms with E-state index < -0.39 is 5.63 Å². The number of hydrogen-bond donors (Lipinski definition) is 2. The number of aromatic hydroxyl groups is 1. The third-order valence-electron chi connectivity index (χ3n) is 5.21. The molecule has 0 bridgehead atoms. The molecule has 0 unspecified atom stereocenters. The first-order valence-electron chi connectivity index (χ1n) is 9.58. The Hall–Kier alpha value is -3.48. The molecule has 1 amide bonds. The molecule has 30 heavy (non-hydrogen) atoms. The Morgan fingerprint density at radius 1 is 1.07 bits per heavy atom. The van der Waals surface area contributed by atoms with Gasteiger partial charge in [-0.3, -0.25) is 4.79 Å². The van der Waals surface area contributed by atoms with Gasteiger partial charge in [0.2, 0.25) is 5.91 Å². The molecule has 2 N–H and O–H groups in total. The van der Waals surface area contributed by atoms with E-state index in [1.165, 1.54) is 0 Å². The van der Waals surface area contributed by atoms with Gasteiger partial charge >= 0.3 is 5.63 Å². The summed E-state index contributed by atoms with van der Waals surface area (Å²) in [4.78, 5) is 24.8. The Bertz CT molecular complexity index is 1150. The summed E-state index contributed by atoms with van der Waals surface area (Å²) in [6, 6.07) is 8.73. The predicted octanol–water partition coefficient (Wildman–Crippen LogP) is 3.38. The minimum Gasteiger partial charge on any atom is -0.508 e. The molecule has 7 nitrogen and oxygen atoms in total. The highest BCUT2D eigenvalue weighted by molar-refractivity contribution is 5.85. The number of hydrogen-bond acceptors (Lipinski definition) is 6. The van der Waals surface area contributed by atoms with Crippen molar-refractivity contribution in [2.75, 3.05) is 14.2 Å². The average Bonchev–Trinajstić information content (AvgIpc) is 2.74. The number of fused-ring (bicyclic) bond motifs is 1. The number of phenols is 1. The molecule has 0 saturated carbocycles. The van der Waals surface area contributed by atoms with Crippen molar-refractivity contribution in [3.05, 3.63) is 63.0 Å². The molecule has 0 aliphatic carbocycles. The number of amides is 1. The van der Waals surface area contributed by atoms with E-state index >= 15 is 0 Å². The zero-order chi connectivity index (χ0) is 21.8. The number of benzene rings is 2. The van der Waals surface area contributed by atoms with Crippen molar-refractivity contribution in [1.29, 1.82) is 0 Å². The summed E-state index contributed by atoms with van der Waals surface area (Å²) < 4.78 is 15.9. The maximum Gasteiger partial charge on any atom is 0.339 e. The number of aryl methyl sites for hydroxylation is 2. The van der Waals surface area contributed by atoms with Gasteiger partial charge in [0, 0.05) is 29.5 Å². The first-order chi connectivity index (χ1) is 14.3. The molecule has 0 fully saturated rings. The van der Waals surface area contributed by atoms with E-state index in [9.17, 15) is 14.7 Å². The van der Waals surface area contributed by atoms with Gasteiger partial charge in [-0.2, -0.15) is 0 Å². The first-order valence-corrected chi connectivity index (χ1v) is 9.58. The van der Waals surface area contributed by atoms with Crippen molar-refractivity contribution in [2.24, 2.45) is 0 Å². The summed E-state index contributed by atoms with van der Waals surface area (Å²) in [5, 5.41) is 13.4. The lowest BCUT2D eigenvalue weighted by Gasteiger charge is -2.11. The Balaban J connectivity index is 1.68. The number of carbonyl (C=O) groups is 1. The Morgan fingerprint density at radius 3 is 2.50 bits per heavy atom. The smallest absolute Gasteiger partial charge is 0.339 e. The summed E-state index contributed by atoms with van der Waals surface area (Å²) in [5.74, 6) is 1.11. The van der Waals surface area contributed by atoms with Crippen LogP contribution in [0.15, 0.2) is 39.5 Å². The molecular formula is C23H25NO6. The molecule has 1 heterocycles. The quantitative estimate of drug-likeness (QED) is 0.579. The molecular weight excluding hydrogens is 386 g/mol. The highest BCUT2D eigenvalue weighted by atomic mass is 16.5. The second-order valence-corrected chi connectivity index (χ2v) is 7.05. The molecule has 1 aromatic heterocycles. The standard InChI is InChI=1S/C23H25NO6/c1-13-16-6-8-18(25)14(2)22(16)30-23(27)17(13)7-10-21(26)24-12-15-5-9-19(28-3)20(11-15)29-4/h5-6,8-9,11,25H,7,10,12H2,1-4H3,(H,24,26).